The highest BCUT2D eigenvalue weighted by Gasteiger charge is 2.28. The lowest BCUT2D eigenvalue weighted by molar-refractivity contribution is -0.145. The van der Waals surface area contributed by atoms with Gasteiger partial charge in [-0.15, -0.1) is 0 Å². The number of Topliss-reactive ketones (excluding diaryl/α,β-unsaturated/α-hetero) is 1. The first-order chi connectivity index (χ1) is 9.17. The third kappa shape index (κ3) is 2.62. The number of rotatable bonds is 5. The van der Waals surface area contributed by atoms with E-state index in [9.17, 15) is 9.59 Å². The fourth-order valence-corrected chi connectivity index (χ4v) is 1.75. The van der Waals surface area contributed by atoms with Crippen molar-refractivity contribution in [3.05, 3.63) is 17.7 Å². The Kier molecular flexibility index (Phi) is 3.89. The van der Waals surface area contributed by atoms with Crippen molar-refractivity contribution in [2.45, 2.75) is 6.92 Å². The average molecular weight is 266 g/mol. The maximum Gasteiger partial charge on any atom is 0.344 e. The second-order valence-corrected chi connectivity index (χ2v) is 3.78. The Morgan fingerprint density at radius 1 is 1.42 bits per heavy atom. The predicted octanol–water partition coefficient (Wildman–Crippen LogP) is 1.21. The van der Waals surface area contributed by atoms with E-state index in [2.05, 4.69) is 0 Å². The van der Waals surface area contributed by atoms with Crippen LogP contribution < -0.4 is 14.2 Å². The number of carbonyl (C=O) groups is 2. The molecule has 0 saturated carbocycles. The van der Waals surface area contributed by atoms with Crippen molar-refractivity contribution in [2.75, 3.05) is 26.9 Å². The van der Waals surface area contributed by atoms with E-state index < -0.39 is 5.97 Å². The molecule has 1 aliphatic heterocycles. The smallest absolute Gasteiger partial charge is 0.344 e. The molecule has 19 heavy (non-hydrogen) atoms. The van der Waals surface area contributed by atoms with Gasteiger partial charge < -0.3 is 18.9 Å². The second-order valence-electron chi connectivity index (χ2n) is 3.78. The lowest BCUT2D eigenvalue weighted by Gasteiger charge is -2.13. The fourth-order valence-electron chi connectivity index (χ4n) is 1.75. The molecule has 0 N–H and O–H groups in total. The predicted molar refractivity (Wildman–Crippen MR) is 64.9 cm³/mol. The summed E-state index contributed by atoms with van der Waals surface area (Å²) in [5.41, 5.74) is 0.430. The summed E-state index contributed by atoms with van der Waals surface area (Å²) in [5, 5.41) is 0. The summed E-state index contributed by atoms with van der Waals surface area (Å²) in [6, 6.07) is 3.21. The molecule has 0 spiro atoms. The van der Waals surface area contributed by atoms with Gasteiger partial charge in [0.2, 0.25) is 11.5 Å². The molecule has 102 valence electrons. The quantitative estimate of drug-likeness (QED) is 0.746. The number of methoxy groups -OCH3 is 1. The van der Waals surface area contributed by atoms with Crippen LogP contribution in [0.3, 0.4) is 0 Å². The number of fused-ring (bicyclic) bond motifs is 1. The highest BCUT2D eigenvalue weighted by Crippen LogP contribution is 2.42. The molecule has 1 aromatic rings. The van der Waals surface area contributed by atoms with Gasteiger partial charge in [-0.3, -0.25) is 4.79 Å². The van der Waals surface area contributed by atoms with Gasteiger partial charge in [0.05, 0.1) is 19.3 Å². The van der Waals surface area contributed by atoms with Crippen molar-refractivity contribution in [3.63, 3.8) is 0 Å². The van der Waals surface area contributed by atoms with Gasteiger partial charge in [-0.1, -0.05) is 0 Å². The van der Waals surface area contributed by atoms with Crippen molar-refractivity contribution in [2.24, 2.45) is 0 Å². The number of benzene rings is 1. The van der Waals surface area contributed by atoms with Crippen LogP contribution in [0.1, 0.15) is 17.3 Å². The van der Waals surface area contributed by atoms with Gasteiger partial charge in [0, 0.05) is 0 Å². The highest BCUT2D eigenvalue weighted by molar-refractivity contribution is 6.03. The molecule has 0 atom stereocenters. The molecule has 1 aliphatic rings. The lowest BCUT2D eigenvalue weighted by atomic mass is 10.1. The highest BCUT2D eigenvalue weighted by atomic mass is 16.6. The topological polar surface area (TPSA) is 71.1 Å². The number of carbonyl (C=O) groups excluding carboxylic acids is 2. The van der Waals surface area contributed by atoms with Crippen molar-refractivity contribution < 1.29 is 28.5 Å². The Bertz CT molecular complexity index is 508. The van der Waals surface area contributed by atoms with Crippen LogP contribution in [0.25, 0.3) is 0 Å². The van der Waals surface area contributed by atoms with Gasteiger partial charge >= 0.3 is 5.97 Å². The minimum Gasteiger partial charge on any atom is -0.493 e. The first kappa shape index (κ1) is 13.2. The normalized spacial score (nSPS) is 12.6. The van der Waals surface area contributed by atoms with E-state index in [4.69, 9.17) is 18.9 Å². The Morgan fingerprint density at radius 3 is 2.89 bits per heavy atom. The minimum absolute atomic E-state index is 0.0295. The summed E-state index contributed by atoms with van der Waals surface area (Å²) in [6.45, 7) is 1.69. The zero-order valence-corrected chi connectivity index (χ0v) is 10.7. The van der Waals surface area contributed by atoms with Gasteiger partial charge in [0.1, 0.15) is 0 Å². The molecule has 1 aromatic carbocycles. The number of ketones is 1. The van der Waals surface area contributed by atoms with Crippen LogP contribution >= 0.6 is 0 Å². The van der Waals surface area contributed by atoms with Crippen molar-refractivity contribution in [1.29, 1.82) is 0 Å². The van der Waals surface area contributed by atoms with E-state index in [0.717, 1.165) is 0 Å². The van der Waals surface area contributed by atoms with Crippen LogP contribution in [0.15, 0.2) is 12.1 Å². The van der Waals surface area contributed by atoms with E-state index in [1.54, 1.807) is 19.1 Å². The van der Waals surface area contributed by atoms with Crippen LogP contribution in [-0.4, -0.2) is 38.7 Å². The Labute approximate surface area is 110 Å². The van der Waals surface area contributed by atoms with Gasteiger partial charge in [-0.25, -0.2) is 4.79 Å². The summed E-state index contributed by atoms with van der Waals surface area (Å²) in [5.74, 6) is 0.343. The molecule has 0 aliphatic carbocycles. The summed E-state index contributed by atoms with van der Waals surface area (Å²) in [6.07, 6.45) is 0. The standard InChI is InChI=1S/C13H14O6/c1-3-17-11(15)7-19-13-10(16-2)5-4-8-9(14)6-18-12(8)13/h4-5H,3,6-7H2,1-2H3. The monoisotopic (exact) mass is 266 g/mol. The number of hydrogen-bond donors (Lipinski definition) is 0. The number of esters is 1. The second kappa shape index (κ2) is 5.60. The van der Waals surface area contributed by atoms with Crippen molar-refractivity contribution in [3.8, 4) is 17.2 Å². The maximum atomic E-state index is 11.5. The third-order valence-electron chi connectivity index (χ3n) is 2.58. The van der Waals surface area contributed by atoms with Crippen LogP contribution in [0, 0.1) is 0 Å². The molecular formula is C13H14O6. The van der Waals surface area contributed by atoms with Gasteiger partial charge in [-0.2, -0.15) is 0 Å². The average Bonchev–Trinajstić information content (AvgIpc) is 2.78. The fraction of sp³-hybridized carbons (Fsp3) is 0.385. The molecule has 6 nitrogen and oxygen atoms in total. The minimum atomic E-state index is -0.494. The molecule has 0 fully saturated rings. The molecule has 0 unspecified atom stereocenters. The molecule has 0 bridgehead atoms. The largest absolute Gasteiger partial charge is 0.493 e. The molecule has 0 aromatic heterocycles. The van der Waals surface area contributed by atoms with Crippen LogP contribution in [0.2, 0.25) is 0 Å². The van der Waals surface area contributed by atoms with Gasteiger partial charge in [0.25, 0.3) is 0 Å². The van der Waals surface area contributed by atoms with Crippen molar-refractivity contribution in [1.82, 2.24) is 0 Å². The first-order valence-corrected chi connectivity index (χ1v) is 5.82. The van der Waals surface area contributed by atoms with E-state index in [1.165, 1.54) is 7.11 Å². The molecular weight excluding hydrogens is 252 g/mol. The van der Waals surface area contributed by atoms with E-state index in [0.29, 0.717) is 17.1 Å². The maximum absolute atomic E-state index is 11.5. The zero-order chi connectivity index (χ0) is 13.8. The summed E-state index contributed by atoms with van der Waals surface area (Å²) in [4.78, 5) is 22.8. The number of hydrogen-bond acceptors (Lipinski definition) is 6. The van der Waals surface area contributed by atoms with E-state index >= 15 is 0 Å². The van der Waals surface area contributed by atoms with Crippen molar-refractivity contribution >= 4 is 11.8 Å². The molecule has 0 saturated heterocycles. The van der Waals surface area contributed by atoms with Crippen LogP contribution in [0.5, 0.6) is 17.2 Å². The molecule has 0 radical (unpaired) electrons. The zero-order valence-electron chi connectivity index (χ0n) is 10.7. The molecule has 0 amide bonds. The first-order valence-electron chi connectivity index (χ1n) is 5.82. The lowest BCUT2D eigenvalue weighted by Crippen LogP contribution is -2.15. The SMILES string of the molecule is CCOC(=O)COc1c(OC)ccc2c1OCC2=O. The van der Waals surface area contributed by atoms with E-state index in [1.807, 2.05) is 0 Å². The van der Waals surface area contributed by atoms with Gasteiger partial charge in [0.15, 0.2) is 24.7 Å². The summed E-state index contributed by atoms with van der Waals surface area (Å²) >= 11 is 0. The van der Waals surface area contributed by atoms with Gasteiger partial charge in [-0.05, 0) is 19.1 Å². The molecule has 1 heterocycles. The van der Waals surface area contributed by atoms with E-state index in [-0.39, 0.29) is 31.4 Å². The Hall–Kier alpha value is -2.24. The number of ether oxygens (including phenoxy) is 4. The van der Waals surface area contributed by atoms with Crippen LogP contribution in [0.4, 0.5) is 0 Å². The summed E-state index contributed by atoms with van der Waals surface area (Å²) in [7, 11) is 1.47. The summed E-state index contributed by atoms with van der Waals surface area (Å²) < 4.78 is 20.5. The molecule has 6 heteroatoms. The Balaban J connectivity index is 2.23. The molecule has 2 rings (SSSR count). The third-order valence-corrected chi connectivity index (χ3v) is 2.58. The Morgan fingerprint density at radius 2 is 2.21 bits per heavy atom. The van der Waals surface area contributed by atoms with Crippen LogP contribution in [-0.2, 0) is 9.53 Å².